The van der Waals surface area contributed by atoms with E-state index in [2.05, 4.69) is 0 Å². The van der Waals surface area contributed by atoms with Gasteiger partial charge in [0.05, 0.1) is 7.11 Å². The van der Waals surface area contributed by atoms with Gasteiger partial charge in [0.1, 0.15) is 0 Å². The third-order valence-corrected chi connectivity index (χ3v) is 2.08. The Morgan fingerprint density at radius 1 is 1.23 bits per heavy atom. The molecule has 0 unspecified atom stereocenters. The van der Waals surface area contributed by atoms with Gasteiger partial charge in [-0.25, -0.2) is 0 Å². The van der Waals surface area contributed by atoms with Crippen LogP contribution >= 0.6 is 23.2 Å². The van der Waals surface area contributed by atoms with Crippen molar-refractivity contribution in [2.75, 3.05) is 14.2 Å². The number of hydrogen-bond acceptors (Lipinski definition) is 2. The molecular weight excluding hydrogens is 209 g/mol. The lowest BCUT2D eigenvalue weighted by Gasteiger charge is -2.13. The highest BCUT2D eigenvalue weighted by atomic mass is 35.5. The minimum absolute atomic E-state index is 0.645. The molecule has 0 aliphatic rings. The van der Waals surface area contributed by atoms with Crippen LogP contribution in [0.15, 0.2) is 18.2 Å². The van der Waals surface area contributed by atoms with Gasteiger partial charge in [0.15, 0.2) is 0 Å². The normalized spacial score (nSPS) is 10.8. The van der Waals surface area contributed by atoms with Crippen LogP contribution in [0.3, 0.4) is 0 Å². The lowest BCUT2D eigenvalue weighted by Crippen LogP contribution is -2.15. The van der Waals surface area contributed by atoms with Crippen LogP contribution in [-0.2, 0) is 11.4 Å². The second-order valence-corrected chi connectivity index (χ2v) is 3.62. The number of hydroxylamine groups is 2. The SMILES string of the molecule is CON(C)Cc1cc(Cl)cc(Cl)c1. The molecule has 2 nitrogen and oxygen atoms in total. The van der Waals surface area contributed by atoms with Gasteiger partial charge >= 0.3 is 0 Å². The Hall–Kier alpha value is -0.280. The first-order valence-electron chi connectivity index (χ1n) is 3.82. The van der Waals surface area contributed by atoms with E-state index >= 15 is 0 Å². The highest BCUT2D eigenvalue weighted by molar-refractivity contribution is 6.34. The third-order valence-electron chi connectivity index (χ3n) is 1.64. The van der Waals surface area contributed by atoms with Gasteiger partial charge in [-0.2, -0.15) is 5.06 Å². The summed E-state index contributed by atoms with van der Waals surface area (Å²) in [6.45, 7) is 0.663. The Kier molecular flexibility index (Phi) is 4.00. The molecule has 13 heavy (non-hydrogen) atoms. The molecule has 0 atom stereocenters. The first kappa shape index (κ1) is 10.8. The highest BCUT2D eigenvalue weighted by Gasteiger charge is 2.01. The molecule has 1 aromatic carbocycles. The molecule has 4 heteroatoms. The van der Waals surface area contributed by atoms with E-state index in [9.17, 15) is 0 Å². The van der Waals surface area contributed by atoms with Crippen LogP contribution in [0.1, 0.15) is 5.56 Å². The average molecular weight is 220 g/mol. The van der Waals surface area contributed by atoms with Crippen LogP contribution in [-0.4, -0.2) is 19.2 Å². The number of hydrogen-bond donors (Lipinski definition) is 0. The molecule has 1 rings (SSSR count). The fraction of sp³-hybridized carbons (Fsp3) is 0.333. The van der Waals surface area contributed by atoms with Crippen molar-refractivity contribution < 1.29 is 4.84 Å². The standard InChI is InChI=1S/C9H11Cl2NO/c1-12(13-2)6-7-3-8(10)5-9(11)4-7/h3-5H,6H2,1-2H3. The zero-order valence-electron chi connectivity index (χ0n) is 7.55. The predicted octanol–water partition coefficient (Wildman–Crippen LogP) is 2.99. The Morgan fingerprint density at radius 3 is 2.23 bits per heavy atom. The molecule has 0 aliphatic heterocycles. The second-order valence-electron chi connectivity index (χ2n) is 2.75. The van der Waals surface area contributed by atoms with Gasteiger partial charge < -0.3 is 4.84 Å². The van der Waals surface area contributed by atoms with Crippen LogP contribution in [0, 0.1) is 0 Å². The molecule has 0 heterocycles. The first-order valence-corrected chi connectivity index (χ1v) is 4.57. The van der Waals surface area contributed by atoms with E-state index in [0.717, 1.165) is 5.56 Å². The summed E-state index contributed by atoms with van der Waals surface area (Å²) in [5, 5.41) is 2.99. The summed E-state index contributed by atoms with van der Waals surface area (Å²) in [4.78, 5) is 4.98. The number of rotatable bonds is 3. The van der Waals surface area contributed by atoms with Crippen molar-refractivity contribution in [3.8, 4) is 0 Å². The van der Waals surface area contributed by atoms with Gasteiger partial charge in [0.2, 0.25) is 0 Å². The molecule has 72 valence electrons. The van der Waals surface area contributed by atoms with Gasteiger partial charge in [0, 0.05) is 23.6 Å². The molecule has 0 bridgehead atoms. The van der Waals surface area contributed by atoms with Gasteiger partial charge in [-0.05, 0) is 23.8 Å². The molecule has 0 aliphatic carbocycles. The minimum atomic E-state index is 0.645. The summed E-state index contributed by atoms with van der Waals surface area (Å²) >= 11 is 11.7. The molecule has 0 amide bonds. The highest BCUT2D eigenvalue weighted by Crippen LogP contribution is 2.19. The van der Waals surface area contributed by atoms with Crippen LogP contribution in [0.25, 0.3) is 0 Å². The van der Waals surface area contributed by atoms with E-state index in [4.69, 9.17) is 28.0 Å². The van der Waals surface area contributed by atoms with Gasteiger partial charge in [0.25, 0.3) is 0 Å². The average Bonchev–Trinajstić information content (AvgIpc) is 2.02. The molecule has 0 radical (unpaired) electrons. The zero-order chi connectivity index (χ0) is 9.84. The summed E-state index contributed by atoms with van der Waals surface area (Å²) in [6.07, 6.45) is 0. The Bertz CT molecular complexity index is 271. The van der Waals surface area contributed by atoms with Crippen molar-refractivity contribution >= 4 is 23.2 Å². The fourth-order valence-corrected chi connectivity index (χ4v) is 1.60. The molecule has 0 spiro atoms. The minimum Gasteiger partial charge on any atom is -0.302 e. The zero-order valence-corrected chi connectivity index (χ0v) is 9.06. The largest absolute Gasteiger partial charge is 0.302 e. The molecule has 0 saturated carbocycles. The lowest BCUT2D eigenvalue weighted by molar-refractivity contribution is -0.116. The maximum Gasteiger partial charge on any atom is 0.0575 e. The summed E-state index contributed by atoms with van der Waals surface area (Å²) < 4.78 is 0. The van der Waals surface area contributed by atoms with Crippen LogP contribution in [0.5, 0.6) is 0 Å². The van der Waals surface area contributed by atoms with Crippen LogP contribution in [0.2, 0.25) is 10.0 Å². The number of benzene rings is 1. The summed E-state index contributed by atoms with van der Waals surface area (Å²) in [5.41, 5.74) is 1.03. The second kappa shape index (κ2) is 4.82. The molecule has 0 N–H and O–H groups in total. The molecule has 0 fully saturated rings. The van der Waals surface area contributed by atoms with Crippen molar-refractivity contribution in [1.29, 1.82) is 0 Å². The van der Waals surface area contributed by atoms with Crippen LogP contribution in [0.4, 0.5) is 0 Å². The number of halogens is 2. The van der Waals surface area contributed by atoms with Crippen molar-refractivity contribution in [1.82, 2.24) is 5.06 Å². The summed E-state index contributed by atoms with van der Waals surface area (Å²) in [6, 6.07) is 5.44. The Balaban J connectivity index is 2.77. The van der Waals surface area contributed by atoms with Crippen molar-refractivity contribution in [2.45, 2.75) is 6.54 Å². The maximum atomic E-state index is 5.83. The van der Waals surface area contributed by atoms with E-state index in [1.807, 2.05) is 19.2 Å². The van der Waals surface area contributed by atoms with Crippen LogP contribution < -0.4 is 0 Å². The quantitative estimate of drug-likeness (QED) is 0.726. The predicted molar refractivity (Wildman–Crippen MR) is 54.9 cm³/mol. The Morgan fingerprint density at radius 2 is 1.77 bits per heavy atom. The smallest absolute Gasteiger partial charge is 0.0575 e. The molecule has 0 aromatic heterocycles. The molecular formula is C9H11Cl2NO. The number of nitrogens with zero attached hydrogens (tertiary/aromatic N) is 1. The van der Waals surface area contributed by atoms with E-state index < -0.39 is 0 Å². The summed E-state index contributed by atoms with van der Waals surface area (Å²) in [5.74, 6) is 0. The van der Waals surface area contributed by atoms with Gasteiger partial charge in [-0.1, -0.05) is 23.2 Å². The lowest BCUT2D eigenvalue weighted by atomic mass is 10.2. The van der Waals surface area contributed by atoms with Crippen molar-refractivity contribution in [3.05, 3.63) is 33.8 Å². The van der Waals surface area contributed by atoms with E-state index in [1.54, 1.807) is 18.2 Å². The third kappa shape index (κ3) is 3.53. The maximum absolute atomic E-state index is 5.83. The van der Waals surface area contributed by atoms with Gasteiger partial charge in [-0.3, -0.25) is 0 Å². The molecule has 1 aromatic rings. The van der Waals surface area contributed by atoms with E-state index in [0.29, 0.717) is 16.6 Å². The Labute approximate surface area is 88.0 Å². The first-order chi connectivity index (χ1) is 6.11. The molecule has 0 saturated heterocycles. The van der Waals surface area contributed by atoms with E-state index in [1.165, 1.54) is 0 Å². The monoisotopic (exact) mass is 219 g/mol. The summed E-state index contributed by atoms with van der Waals surface area (Å²) in [7, 11) is 3.46. The van der Waals surface area contributed by atoms with Gasteiger partial charge in [-0.15, -0.1) is 0 Å². The fourth-order valence-electron chi connectivity index (χ4n) is 1.02. The van der Waals surface area contributed by atoms with E-state index in [-0.39, 0.29) is 0 Å². The van der Waals surface area contributed by atoms with Crippen molar-refractivity contribution in [3.63, 3.8) is 0 Å². The topological polar surface area (TPSA) is 12.5 Å². The van der Waals surface area contributed by atoms with Crippen molar-refractivity contribution in [2.24, 2.45) is 0 Å².